The van der Waals surface area contributed by atoms with Crippen molar-refractivity contribution in [1.82, 2.24) is 19.5 Å². The molecule has 2 aliphatic heterocycles. The van der Waals surface area contributed by atoms with Gasteiger partial charge in [0.15, 0.2) is 17.5 Å². The van der Waals surface area contributed by atoms with E-state index in [-0.39, 0.29) is 25.7 Å². The summed E-state index contributed by atoms with van der Waals surface area (Å²) in [6.07, 6.45) is 0.241. The Hall–Kier alpha value is -2.67. The Labute approximate surface area is 252 Å². The van der Waals surface area contributed by atoms with E-state index in [0.717, 1.165) is 27.3 Å². The fourth-order valence-corrected chi connectivity index (χ4v) is 6.09. The van der Waals surface area contributed by atoms with Crippen LogP contribution in [0.15, 0.2) is 53.1 Å². The van der Waals surface area contributed by atoms with E-state index < -0.39 is 26.4 Å². The minimum Gasteiger partial charge on any atom is -0.456 e. The Balaban J connectivity index is 1.32. The number of hydrogen-bond acceptors (Lipinski definition) is 8. The van der Waals surface area contributed by atoms with Crippen LogP contribution in [-0.4, -0.2) is 71.5 Å². The van der Waals surface area contributed by atoms with Crippen molar-refractivity contribution >= 4 is 52.6 Å². The van der Waals surface area contributed by atoms with Crippen molar-refractivity contribution in [2.75, 3.05) is 19.8 Å². The molecule has 214 valence electrons. The minimum absolute atomic E-state index is 0.0304. The van der Waals surface area contributed by atoms with Crippen LogP contribution < -0.4 is 4.74 Å². The van der Waals surface area contributed by atoms with Crippen LogP contribution in [0.1, 0.15) is 0 Å². The lowest BCUT2D eigenvalue weighted by Gasteiger charge is -2.19. The molecule has 0 spiro atoms. The van der Waals surface area contributed by atoms with Gasteiger partial charge in [0.2, 0.25) is 0 Å². The summed E-state index contributed by atoms with van der Waals surface area (Å²) in [6, 6.07) is 15.0. The molecule has 9 nitrogen and oxygen atoms in total. The number of halogens is 2. The number of rotatable bonds is 9. The number of ether oxygens (including phenoxy) is 4. The molecule has 0 bridgehead atoms. The first kappa shape index (κ1) is 28.4. The van der Waals surface area contributed by atoms with Crippen LogP contribution in [-0.2, 0) is 25.7 Å². The van der Waals surface area contributed by atoms with E-state index in [2.05, 4.69) is 40.6 Å². The van der Waals surface area contributed by atoms with Crippen molar-refractivity contribution in [2.24, 2.45) is 0 Å². The Morgan fingerprint density at radius 2 is 1.88 bits per heavy atom. The number of fused-ring (bicyclic) bond motifs is 2. The van der Waals surface area contributed by atoms with Crippen molar-refractivity contribution in [3.8, 4) is 28.5 Å². The maximum atomic E-state index is 12.1. The lowest BCUT2D eigenvalue weighted by Crippen LogP contribution is -2.34. The third-order valence-corrected chi connectivity index (χ3v) is 9.60. The Morgan fingerprint density at radius 3 is 2.61 bits per heavy atom. The maximum absolute atomic E-state index is 12.1. The summed E-state index contributed by atoms with van der Waals surface area (Å²) in [5, 5.41) is 0.469. The van der Waals surface area contributed by atoms with Crippen molar-refractivity contribution in [1.29, 1.82) is 0 Å². The predicted molar refractivity (Wildman–Crippen MR) is 162 cm³/mol. The molecule has 12 heteroatoms. The van der Waals surface area contributed by atoms with E-state index in [4.69, 9.17) is 40.5 Å². The molecule has 2 fully saturated rings. The number of Topliss-reactive ketones (excluding diaryl/α,β-unsaturated/α-hetero) is 1. The molecule has 2 aliphatic rings. The van der Waals surface area contributed by atoms with Gasteiger partial charge >= 0.3 is 6.01 Å². The number of hydrogen-bond donors (Lipinski definition) is 0. The molecule has 0 amide bonds. The molecule has 0 radical (unpaired) electrons. The summed E-state index contributed by atoms with van der Waals surface area (Å²) in [4.78, 5) is 26.2. The van der Waals surface area contributed by atoms with Crippen molar-refractivity contribution in [2.45, 2.75) is 50.7 Å². The van der Waals surface area contributed by atoms with E-state index in [1.165, 1.54) is 0 Å². The van der Waals surface area contributed by atoms with Crippen LogP contribution in [0, 0.1) is 0 Å². The van der Waals surface area contributed by atoms with Gasteiger partial charge in [-0.1, -0.05) is 55.5 Å². The largest absolute Gasteiger partial charge is 0.456 e. The predicted octanol–water partition coefficient (Wildman–Crippen LogP) is 6.00. The van der Waals surface area contributed by atoms with Crippen LogP contribution in [0.2, 0.25) is 30.7 Å². The Bertz CT molecular complexity index is 1580. The zero-order valence-corrected chi connectivity index (χ0v) is 26.3. The van der Waals surface area contributed by atoms with Crippen LogP contribution in [0.3, 0.4) is 0 Å². The minimum atomic E-state index is -1.28. The van der Waals surface area contributed by atoms with Crippen molar-refractivity contribution < 1.29 is 23.7 Å². The van der Waals surface area contributed by atoms with Gasteiger partial charge in [0.1, 0.15) is 31.1 Å². The standard InChI is InChI=1S/C29H30BrClN4O5Si/c1-41(2,3)11-10-37-16-35-28-22(33-29(35)40-24-15-39-26-23(36)14-38-27(24)26)12-20(31)25(34-28)18-6-4-17(5-7-18)21-9-8-19(30)13-32-21/h4-9,12-13,24,26-27H,10-11,14-16H2,1-3H3/t24-,26-,27-/m1/s1. The lowest BCUT2D eigenvalue weighted by molar-refractivity contribution is -0.125. The first-order valence-corrected chi connectivity index (χ1v) is 18.3. The number of pyridine rings is 2. The molecular formula is C29H30BrClN4O5Si. The highest BCUT2D eigenvalue weighted by Gasteiger charge is 2.49. The van der Waals surface area contributed by atoms with E-state index in [1.807, 2.05) is 41.0 Å². The van der Waals surface area contributed by atoms with Gasteiger partial charge in [-0.05, 0) is 40.2 Å². The number of nitrogens with zero attached hydrogens (tertiary/aromatic N) is 4. The van der Waals surface area contributed by atoms with Crippen molar-refractivity contribution in [3.63, 3.8) is 0 Å². The highest BCUT2D eigenvalue weighted by atomic mass is 79.9. The normalized spacial score (nSPS) is 20.6. The SMILES string of the molecule is C[Si](C)(C)CCOCn1c(O[C@@H]2CO[C@@H]3C(=O)CO[C@@H]32)nc2cc(Cl)c(-c3ccc(-c4ccc(Br)cn4)cc3)nc21. The number of carbonyl (C=O) groups is 1. The molecule has 3 aromatic heterocycles. The van der Waals surface area contributed by atoms with Gasteiger partial charge in [0.05, 0.1) is 23.0 Å². The third kappa shape index (κ3) is 6.11. The zero-order chi connectivity index (χ0) is 28.7. The highest BCUT2D eigenvalue weighted by molar-refractivity contribution is 9.10. The number of benzene rings is 1. The van der Waals surface area contributed by atoms with E-state index in [9.17, 15) is 4.79 Å². The Kier molecular flexibility index (Phi) is 8.01. The van der Waals surface area contributed by atoms with Gasteiger partial charge in [0, 0.05) is 36.5 Å². The summed E-state index contributed by atoms with van der Waals surface area (Å²) in [5.41, 5.74) is 4.51. The molecule has 5 heterocycles. The summed E-state index contributed by atoms with van der Waals surface area (Å²) in [7, 11) is -1.28. The molecular weight excluding hydrogens is 628 g/mol. The molecule has 0 saturated carbocycles. The molecule has 6 rings (SSSR count). The van der Waals surface area contributed by atoms with E-state index in [1.54, 1.807) is 12.3 Å². The molecule has 0 unspecified atom stereocenters. The number of ketones is 1. The summed E-state index contributed by atoms with van der Waals surface area (Å²) in [5.74, 6) is -0.0655. The van der Waals surface area contributed by atoms with E-state index in [0.29, 0.717) is 34.5 Å². The first-order valence-electron chi connectivity index (χ1n) is 13.5. The van der Waals surface area contributed by atoms with Crippen LogP contribution in [0.5, 0.6) is 6.01 Å². The molecule has 4 aromatic rings. The monoisotopic (exact) mass is 656 g/mol. The maximum Gasteiger partial charge on any atom is 0.301 e. The second kappa shape index (κ2) is 11.5. The summed E-state index contributed by atoms with van der Waals surface area (Å²) < 4.78 is 26.5. The average Bonchev–Trinajstić information content (AvgIpc) is 3.61. The van der Waals surface area contributed by atoms with Gasteiger partial charge in [-0.15, -0.1) is 0 Å². The van der Waals surface area contributed by atoms with Crippen LogP contribution in [0.25, 0.3) is 33.7 Å². The van der Waals surface area contributed by atoms with Gasteiger partial charge < -0.3 is 18.9 Å². The topological polar surface area (TPSA) is 97.6 Å². The first-order chi connectivity index (χ1) is 19.7. The van der Waals surface area contributed by atoms with Crippen LogP contribution >= 0.6 is 27.5 Å². The molecule has 0 N–H and O–H groups in total. The highest BCUT2D eigenvalue weighted by Crippen LogP contribution is 2.34. The second-order valence-electron chi connectivity index (χ2n) is 11.4. The number of aromatic nitrogens is 4. The molecule has 0 aliphatic carbocycles. The second-order valence-corrected chi connectivity index (χ2v) is 18.4. The van der Waals surface area contributed by atoms with Crippen LogP contribution in [0.4, 0.5) is 0 Å². The van der Waals surface area contributed by atoms with Gasteiger partial charge in [-0.25, -0.2) is 4.98 Å². The average molecular weight is 658 g/mol. The zero-order valence-electron chi connectivity index (χ0n) is 23.0. The summed E-state index contributed by atoms with van der Waals surface area (Å²) >= 11 is 10.2. The Morgan fingerprint density at radius 1 is 1.10 bits per heavy atom. The van der Waals surface area contributed by atoms with Gasteiger partial charge in [-0.2, -0.15) is 4.98 Å². The van der Waals surface area contributed by atoms with Gasteiger partial charge in [0.25, 0.3) is 0 Å². The molecule has 41 heavy (non-hydrogen) atoms. The van der Waals surface area contributed by atoms with Gasteiger partial charge in [-0.3, -0.25) is 14.3 Å². The smallest absolute Gasteiger partial charge is 0.301 e. The fraction of sp³-hybridized carbons (Fsp3) is 0.379. The fourth-order valence-electron chi connectivity index (χ4n) is 4.84. The number of carbonyl (C=O) groups excluding carboxylic acids is 1. The number of imidazole rings is 1. The van der Waals surface area contributed by atoms with E-state index >= 15 is 0 Å². The quantitative estimate of drug-likeness (QED) is 0.160. The summed E-state index contributed by atoms with van der Waals surface area (Å²) in [6.45, 7) is 8.03. The van der Waals surface area contributed by atoms with Crippen molar-refractivity contribution in [3.05, 3.63) is 58.2 Å². The molecule has 2 saturated heterocycles. The molecule has 1 aromatic carbocycles. The lowest BCUT2D eigenvalue weighted by atomic mass is 10.1. The molecule has 3 atom stereocenters. The third-order valence-electron chi connectivity index (χ3n) is 7.13.